The summed E-state index contributed by atoms with van der Waals surface area (Å²) < 4.78 is 6.94. The Morgan fingerprint density at radius 1 is 1.03 bits per heavy atom. The van der Waals surface area contributed by atoms with Crippen LogP contribution in [0.25, 0.3) is 11.3 Å². The molecule has 0 saturated carbocycles. The van der Waals surface area contributed by atoms with Gasteiger partial charge in [-0.15, -0.1) is 0 Å². The van der Waals surface area contributed by atoms with Crippen LogP contribution in [0, 0.1) is 6.92 Å². The van der Waals surface area contributed by atoms with Gasteiger partial charge in [-0.05, 0) is 36.8 Å². The molecule has 0 spiro atoms. The lowest BCUT2D eigenvalue weighted by molar-refractivity contribution is -0.137. The minimum Gasteiger partial charge on any atom is -0.497 e. The Balaban J connectivity index is 1.73. The van der Waals surface area contributed by atoms with E-state index in [0.29, 0.717) is 6.42 Å². The van der Waals surface area contributed by atoms with Crippen LogP contribution in [0.3, 0.4) is 0 Å². The third kappa shape index (κ3) is 4.86. The predicted octanol–water partition coefficient (Wildman–Crippen LogP) is 5.69. The number of hydrogen-bond donors (Lipinski definition) is 1. The lowest BCUT2D eigenvalue weighted by atomic mass is 9.99. The molecule has 4 rings (SSSR count). The summed E-state index contributed by atoms with van der Waals surface area (Å²) in [5.41, 5.74) is 4.87. The molecule has 0 bridgehead atoms. The summed E-state index contributed by atoms with van der Waals surface area (Å²) in [6.07, 6.45) is 0.656. The highest BCUT2D eigenvalue weighted by molar-refractivity contribution is 7.99. The Bertz CT molecular complexity index is 1240. The van der Waals surface area contributed by atoms with Crippen molar-refractivity contribution in [3.05, 3.63) is 95.7 Å². The van der Waals surface area contributed by atoms with E-state index in [1.54, 1.807) is 23.6 Å². The molecule has 5 nitrogen and oxygen atoms in total. The third-order valence-corrected chi connectivity index (χ3v) is 6.38. The van der Waals surface area contributed by atoms with E-state index < -0.39 is 5.97 Å². The molecule has 0 radical (unpaired) electrons. The normalized spacial score (nSPS) is 10.8. The first-order valence-electron chi connectivity index (χ1n) is 10.3. The number of rotatable bonds is 8. The van der Waals surface area contributed by atoms with Crippen LogP contribution in [0.1, 0.15) is 16.8 Å². The minimum absolute atomic E-state index is 0.161. The van der Waals surface area contributed by atoms with E-state index in [9.17, 15) is 9.90 Å². The molecule has 162 valence electrons. The average Bonchev–Trinajstić information content (AvgIpc) is 3.10. The average molecular weight is 445 g/mol. The first-order chi connectivity index (χ1) is 15.5. The van der Waals surface area contributed by atoms with Crippen LogP contribution < -0.4 is 4.74 Å². The van der Waals surface area contributed by atoms with Crippen molar-refractivity contribution in [2.75, 3.05) is 7.11 Å². The maximum atomic E-state index is 11.4. The molecule has 1 aromatic heterocycles. The second-order valence-electron chi connectivity index (χ2n) is 7.40. The Morgan fingerprint density at radius 2 is 1.78 bits per heavy atom. The molecule has 32 heavy (non-hydrogen) atoms. The maximum Gasteiger partial charge on any atom is 0.325 e. The number of aromatic nitrogens is 2. The second kappa shape index (κ2) is 9.75. The number of carbonyl (C=O) groups is 1. The fourth-order valence-electron chi connectivity index (χ4n) is 3.64. The molecule has 0 aliphatic rings. The number of hydrogen-bond acceptors (Lipinski definition) is 4. The zero-order valence-corrected chi connectivity index (χ0v) is 18.8. The van der Waals surface area contributed by atoms with Gasteiger partial charge in [-0.25, -0.2) is 0 Å². The summed E-state index contributed by atoms with van der Waals surface area (Å²) in [5, 5.41) is 14.0. The van der Waals surface area contributed by atoms with Gasteiger partial charge in [0, 0.05) is 33.0 Å². The first kappa shape index (κ1) is 21.7. The number of benzene rings is 3. The SMILES string of the molecule is COc1cccc(Sc2ccccc2Cc2c(-c3ccccc3)nn(CC(=O)O)c2C)c1. The summed E-state index contributed by atoms with van der Waals surface area (Å²) in [6, 6.07) is 26.2. The van der Waals surface area contributed by atoms with Gasteiger partial charge < -0.3 is 9.84 Å². The number of aliphatic carboxylic acids is 1. The van der Waals surface area contributed by atoms with Crippen LogP contribution in [0.5, 0.6) is 5.75 Å². The van der Waals surface area contributed by atoms with E-state index in [2.05, 4.69) is 23.3 Å². The van der Waals surface area contributed by atoms with E-state index in [4.69, 9.17) is 4.74 Å². The van der Waals surface area contributed by atoms with E-state index >= 15 is 0 Å². The number of carboxylic acids is 1. The molecule has 0 unspecified atom stereocenters. The van der Waals surface area contributed by atoms with Crippen LogP contribution in [0.2, 0.25) is 0 Å². The van der Waals surface area contributed by atoms with Crippen molar-refractivity contribution in [3.8, 4) is 17.0 Å². The quantitative estimate of drug-likeness (QED) is 0.378. The number of ether oxygens (including phenoxy) is 1. The molecular formula is C26H24N2O3S. The molecule has 0 aliphatic carbocycles. The van der Waals surface area contributed by atoms with Gasteiger partial charge in [0.05, 0.1) is 12.8 Å². The van der Waals surface area contributed by atoms with Crippen molar-refractivity contribution in [2.24, 2.45) is 0 Å². The zero-order valence-electron chi connectivity index (χ0n) is 18.0. The fraction of sp³-hybridized carbons (Fsp3) is 0.154. The van der Waals surface area contributed by atoms with Crippen molar-refractivity contribution in [2.45, 2.75) is 29.7 Å². The highest BCUT2D eigenvalue weighted by Gasteiger charge is 2.19. The molecule has 0 atom stereocenters. The molecule has 1 N–H and O–H groups in total. The van der Waals surface area contributed by atoms with Gasteiger partial charge in [0.15, 0.2) is 0 Å². The first-order valence-corrected chi connectivity index (χ1v) is 11.1. The summed E-state index contributed by atoms with van der Waals surface area (Å²) in [4.78, 5) is 13.6. The standard InChI is InChI=1S/C26H24N2O3S/c1-18-23(26(19-9-4-3-5-10-19)27-28(18)17-25(29)30)15-20-11-6-7-14-24(20)32-22-13-8-12-21(16-22)31-2/h3-14,16H,15,17H2,1-2H3,(H,29,30). The van der Waals surface area contributed by atoms with Gasteiger partial charge in [-0.1, -0.05) is 66.4 Å². The van der Waals surface area contributed by atoms with Gasteiger partial charge >= 0.3 is 5.97 Å². The summed E-state index contributed by atoms with van der Waals surface area (Å²) in [7, 11) is 1.67. The zero-order chi connectivity index (χ0) is 22.5. The molecule has 0 fully saturated rings. The van der Waals surface area contributed by atoms with Crippen LogP contribution in [0.4, 0.5) is 0 Å². The van der Waals surface area contributed by atoms with Gasteiger partial charge in [0.2, 0.25) is 0 Å². The van der Waals surface area contributed by atoms with Gasteiger partial charge in [-0.3, -0.25) is 9.48 Å². The lowest BCUT2D eigenvalue weighted by Crippen LogP contribution is -2.11. The van der Waals surface area contributed by atoms with Gasteiger partial charge in [0.1, 0.15) is 12.3 Å². The smallest absolute Gasteiger partial charge is 0.325 e. The summed E-state index contributed by atoms with van der Waals surface area (Å²) >= 11 is 1.69. The van der Waals surface area contributed by atoms with Crippen molar-refractivity contribution < 1.29 is 14.6 Å². The van der Waals surface area contributed by atoms with Crippen molar-refractivity contribution in [3.63, 3.8) is 0 Å². The van der Waals surface area contributed by atoms with E-state index in [0.717, 1.165) is 43.6 Å². The molecule has 6 heteroatoms. The number of carboxylic acid groups (broad SMARTS) is 1. The monoisotopic (exact) mass is 444 g/mol. The largest absolute Gasteiger partial charge is 0.497 e. The molecule has 3 aromatic carbocycles. The van der Waals surface area contributed by atoms with Crippen LogP contribution >= 0.6 is 11.8 Å². The lowest BCUT2D eigenvalue weighted by Gasteiger charge is -2.11. The maximum absolute atomic E-state index is 11.4. The Hall–Kier alpha value is -3.51. The van der Waals surface area contributed by atoms with Crippen molar-refractivity contribution in [1.82, 2.24) is 9.78 Å². The van der Waals surface area contributed by atoms with Crippen molar-refractivity contribution in [1.29, 1.82) is 0 Å². The molecule has 4 aromatic rings. The molecular weight excluding hydrogens is 420 g/mol. The Morgan fingerprint density at radius 3 is 2.53 bits per heavy atom. The topological polar surface area (TPSA) is 64.4 Å². The minimum atomic E-state index is -0.907. The van der Waals surface area contributed by atoms with E-state index in [-0.39, 0.29) is 6.54 Å². The Labute approximate surface area is 191 Å². The molecule has 0 amide bonds. The summed E-state index contributed by atoms with van der Waals surface area (Å²) in [5.74, 6) is -0.0830. The molecule has 1 heterocycles. The van der Waals surface area contributed by atoms with Crippen molar-refractivity contribution >= 4 is 17.7 Å². The summed E-state index contributed by atoms with van der Waals surface area (Å²) in [6.45, 7) is 1.78. The third-order valence-electron chi connectivity index (χ3n) is 5.27. The number of nitrogens with zero attached hydrogens (tertiary/aromatic N) is 2. The molecule has 0 aliphatic heterocycles. The highest BCUT2D eigenvalue weighted by Crippen LogP contribution is 2.35. The Kier molecular flexibility index (Phi) is 6.61. The second-order valence-corrected chi connectivity index (χ2v) is 8.51. The highest BCUT2D eigenvalue weighted by atomic mass is 32.2. The van der Waals surface area contributed by atoms with Gasteiger partial charge in [-0.2, -0.15) is 5.10 Å². The van der Waals surface area contributed by atoms with Crippen LogP contribution in [0.15, 0.2) is 88.7 Å². The number of methoxy groups -OCH3 is 1. The van der Waals surface area contributed by atoms with Crippen LogP contribution in [-0.4, -0.2) is 28.0 Å². The van der Waals surface area contributed by atoms with Gasteiger partial charge in [0.25, 0.3) is 0 Å². The fourth-order valence-corrected chi connectivity index (χ4v) is 4.63. The van der Waals surface area contributed by atoms with E-state index in [1.165, 1.54) is 0 Å². The predicted molar refractivity (Wildman–Crippen MR) is 126 cm³/mol. The van der Waals surface area contributed by atoms with Crippen LogP contribution in [-0.2, 0) is 17.8 Å². The molecule has 0 saturated heterocycles. The van der Waals surface area contributed by atoms with E-state index in [1.807, 2.05) is 67.6 Å².